The molecule has 0 radical (unpaired) electrons. The van der Waals surface area contributed by atoms with Crippen molar-refractivity contribution < 1.29 is 14.3 Å². The molecule has 0 unspecified atom stereocenters. The molecule has 0 aliphatic heterocycles. The summed E-state index contributed by atoms with van der Waals surface area (Å²) in [5, 5.41) is 13.2. The molecular formula is C22H18ClN3O3S. The van der Waals surface area contributed by atoms with E-state index in [1.807, 2.05) is 30.3 Å². The fourth-order valence-electron chi connectivity index (χ4n) is 2.72. The van der Waals surface area contributed by atoms with Crippen molar-refractivity contribution in [2.24, 2.45) is 0 Å². The molecule has 0 aliphatic carbocycles. The standard InChI is InChI=1S/C22H18ClN3O3S/c1-28-19-7-6-15(11-20(19)29-2)8-16(12-24)21(27)26-22-25-13-18(30-22)10-14-4-3-5-17(23)9-14/h3-9,11,13H,10H2,1-2H3,(H,25,26,27). The molecule has 0 bridgehead atoms. The number of nitriles is 1. The lowest BCUT2D eigenvalue weighted by molar-refractivity contribution is -0.112. The maximum atomic E-state index is 12.5. The number of methoxy groups -OCH3 is 2. The first-order valence-corrected chi connectivity index (χ1v) is 10.1. The van der Waals surface area contributed by atoms with Crippen molar-refractivity contribution in [1.29, 1.82) is 5.26 Å². The zero-order chi connectivity index (χ0) is 21.5. The molecule has 30 heavy (non-hydrogen) atoms. The van der Waals surface area contributed by atoms with Gasteiger partial charge in [-0.25, -0.2) is 4.98 Å². The molecule has 0 saturated heterocycles. The number of anilines is 1. The van der Waals surface area contributed by atoms with Gasteiger partial charge >= 0.3 is 0 Å². The van der Waals surface area contributed by atoms with Crippen molar-refractivity contribution in [2.75, 3.05) is 19.5 Å². The number of rotatable bonds is 7. The monoisotopic (exact) mass is 439 g/mol. The highest BCUT2D eigenvalue weighted by molar-refractivity contribution is 7.15. The van der Waals surface area contributed by atoms with Crippen LogP contribution in [-0.4, -0.2) is 25.1 Å². The molecule has 0 atom stereocenters. The molecule has 1 heterocycles. The van der Waals surface area contributed by atoms with Crippen molar-refractivity contribution >= 4 is 40.1 Å². The second-order valence-corrected chi connectivity index (χ2v) is 7.73. The highest BCUT2D eigenvalue weighted by Crippen LogP contribution is 2.28. The van der Waals surface area contributed by atoms with Gasteiger partial charge < -0.3 is 9.47 Å². The minimum Gasteiger partial charge on any atom is -0.493 e. The van der Waals surface area contributed by atoms with Gasteiger partial charge in [-0.05, 0) is 41.5 Å². The van der Waals surface area contributed by atoms with Gasteiger partial charge in [0, 0.05) is 22.5 Å². The molecule has 0 spiro atoms. The number of carbonyl (C=O) groups excluding carboxylic acids is 1. The summed E-state index contributed by atoms with van der Waals surface area (Å²) in [5.41, 5.74) is 1.64. The van der Waals surface area contributed by atoms with Crippen LogP contribution in [0.4, 0.5) is 5.13 Å². The largest absolute Gasteiger partial charge is 0.493 e. The van der Waals surface area contributed by atoms with Gasteiger partial charge in [-0.1, -0.05) is 29.8 Å². The van der Waals surface area contributed by atoms with Crippen LogP contribution < -0.4 is 14.8 Å². The second kappa shape index (κ2) is 9.92. The lowest BCUT2D eigenvalue weighted by Gasteiger charge is -2.08. The van der Waals surface area contributed by atoms with Crippen LogP contribution in [0.2, 0.25) is 5.02 Å². The summed E-state index contributed by atoms with van der Waals surface area (Å²) in [4.78, 5) is 17.7. The van der Waals surface area contributed by atoms with Gasteiger partial charge in [0.15, 0.2) is 16.6 Å². The molecule has 1 amide bonds. The van der Waals surface area contributed by atoms with Crippen molar-refractivity contribution in [3.63, 3.8) is 0 Å². The Bertz CT molecular complexity index is 1130. The van der Waals surface area contributed by atoms with E-state index >= 15 is 0 Å². The van der Waals surface area contributed by atoms with Crippen LogP contribution in [0, 0.1) is 11.3 Å². The Kier molecular flexibility index (Phi) is 7.07. The fourth-order valence-corrected chi connectivity index (χ4v) is 3.77. The summed E-state index contributed by atoms with van der Waals surface area (Å²) in [6, 6.07) is 14.6. The minimum atomic E-state index is -0.532. The minimum absolute atomic E-state index is 0.0474. The average Bonchev–Trinajstić information content (AvgIpc) is 3.18. The number of nitrogens with one attached hydrogen (secondary N) is 1. The van der Waals surface area contributed by atoms with Crippen molar-refractivity contribution in [1.82, 2.24) is 4.98 Å². The van der Waals surface area contributed by atoms with E-state index in [9.17, 15) is 10.1 Å². The molecule has 0 fully saturated rings. The van der Waals surface area contributed by atoms with Crippen LogP contribution in [0.5, 0.6) is 11.5 Å². The van der Waals surface area contributed by atoms with Crippen LogP contribution >= 0.6 is 22.9 Å². The van der Waals surface area contributed by atoms with Gasteiger partial charge in [-0.15, -0.1) is 11.3 Å². The second-order valence-electron chi connectivity index (χ2n) is 6.18. The van der Waals surface area contributed by atoms with E-state index in [2.05, 4.69) is 10.3 Å². The first-order valence-electron chi connectivity index (χ1n) is 8.86. The molecule has 6 nitrogen and oxygen atoms in total. The number of ether oxygens (including phenoxy) is 2. The highest BCUT2D eigenvalue weighted by atomic mass is 35.5. The smallest absolute Gasteiger partial charge is 0.268 e. The Morgan fingerprint density at radius 3 is 2.73 bits per heavy atom. The Hall–Kier alpha value is -3.34. The number of halogens is 1. The first-order chi connectivity index (χ1) is 14.5. The van der Waals surface area contributed by atoms with Crippen LogP contribution in [0.25, 0.3) is 6.08 Å². The van der Waals surface area contributed by atoms with E-state index in [1.54, 1.807) is 24.4 Å². The van der Waals surface area contributed by atoms with E-state index in [4.69, 9.17) is 21.1 Å². The van der Waals surface area contributed by atoms with Gasteiger partial charge in [0.2, 0.25) is 0 Å². The first kappa shape index (κ1) is 21.4. The van der Waals surface area contributed by atoms with Crippen molar-refractivity contribution in [3.05, 3.63) is 75.3 Å². The third-order valence-electron chi connectivity index (χ3n) is 4.13. The fraction of sp³-hybridized carbons (Fsp3) is 0.136. The predicted octanol–water partition coefficient (Wildman–Crippen LogP) is 4.95. The summed E-state index contributed by atoms with van der Waals surface area (Å²) in [7, 11) is 3.06. The van der Waals surface area contributed by atoms with Crippen LogP contribution in [0.1, 0.15) is 16.0 Å². The molecule has 1 aromatic heterocycles. The van der Waals surface area contributed by atoms with Gasteiger partial charge in [0.25, 0.3) is 5.91 Å². The number of nitrogens with zero attached hydrogens (tertiary/aromatic N) is 2. The van der Waals surface area contributed by atoms with Gasteiger partial charge in [0.1, 0.15) is 11.6 Å². The van der Waals surface area contributed by atoms with Gasteiger partial charge in [0.05, 0.1) is 14.2 Å². The summed E-state index contributed by atoms with van der Waals surface area (Å²) in [6.45, 7) is 0. The zero-order valence-electron chi connectivity index (χ0n) is 16.3. The van der Waals surface area contributed by atoms with Crippen molar-refractivity contribution in [3.8, 4) is 17.6 Å². The highest BCUT2D eigenvalue weighted by Gasteiger charge is 2.13. The SMILES string of the molecule is COc1ccc(C=C(C#N)C(=O)Nc2ncc(Cc3cccc(Cl)c3)s2)cc1OC. The molecule has 8 heteroatoms. The Labute approximate surface area is 183 Å². The van der Waals surface area contributed by atoms with Crippen molar-refractivity contribution in [2.45, 2.75) is 6.42 Å². The molecule has 152 valence electrons. The lowest BCUT2D eigenvalue weighted by Crippen LogP contribution is -2.13. The summed E-state index contributed by atoms with van der Waals surface area (Å²) < 4.78 is 10.4. The maximum absolute atomic E-state index is 12.5. The normalized spacial score (nSPS) is 10.9. The average molecular weight is 440 g/mol. The predicted molar refractivity (Wildman–Crippen MR) is 118 cm³/mol. The zero-order valence-corrected chi connectivity index (χ0v) is 17.9. The quantitative estimate of drug-likeness (QED) is 0.416. The molecule has 0 aliphatic rings. The molecule has 1 N–H and O–H groups in total. The van der Waals surface area contributed by atoms with Gasteiger partial charge in [-0.3, -0.25) is 10.1 Å². The van der Waals surface area contributed by atoms with Gasteiger partial charge in [-0.2, -0.15) is 5.26 Å². The van der Waals surface area contributed by atoms with E-state index in [0.717, 1.165) is 10.4 Å². The summed E-state index contributed by atoms with van der Waals surface area (Å²) in [6.07, 6.45) is 3.84. The number of aromatic nitrogens is 1. The number of hydrogen-bond acceptors (Lipinski definition) is 6. The Morgan fingerprint density at radius 1 is 1.23 bits per heavy atom. The Morgan fingerprint density at radius 2 is 2.03 bits per heavy atom. The number of hydrogen-bond donors (Lipinski definition) is 1. The summed E-state index contributed by atoms with van der Waals surface area (Å²) >= 11 is 7.37. The number of amides is 1. The molecule has 3 aromatic rings. The van der Waals surface area contributed by atoms with E-state index in [0.29, 0.717) is 33.6 Å². The van der Waals surface area contributed by atoms with E-state index in [1.165, 1.54) is 31.6 Å². The number of carbonyl (C=O) groups is 1. The Balaban J connectivity index is 1.72. The van der Waals surface area contributed by atoms with Crippen LogP contribution in [0.3, 0.4) is 0 Å². The molecular weight excluding hydrogens is 422 g/mol. The molecule has 3 rings (SSSR count). The third-order valence-corrected chi connectivity index (χ3v) is 5.27. The topological polar surface area (TPSA) is 84.2 Å². The van der Waals surface area contributed by atoms with E-state index in [-0.39, 0.29) is 5.57 Å². The third kappa shape index (κ3) is 5.38. The maximum Gasteiger partial charge on any atom is 0.268 e. The summed E-state index contributed by atoms with van der Waals surface area (Å²) in [5.74, 6) is 0.540. The molecule has 2 aromatic carbocycles. The molecule has 0 saturated carbocycles. The lowest BCUT2D eigenvalue weighted by atomic mass is 10.1. The number of benzene rings is 2. The number of thiazole rings is 1. The van der Waals surface area contributed by atoms with Crippen LogP contribution in [-0.2, 0) is 11.2 Å². The van der Waals surface area contributed by atoms with E-state index < -0.39 is 5.91 Å². The van der Waals surface area contributed by atoms with Crippen LogP contribution in [0.15, 0.2) is 54.2 Å².